The lowest BCUT2D eigenvalue weighted by Crippen LogP contribution is -2.23. The SMILES string of the molecule is O[C@H]1CCN(CCCCOc2cccc(C(F)(F)F)c2)C1. The number of halogens is 3. The third kappa shape index (κ3) is 5.21. The van der Waals surface area contributed by atoms with Gasteiger partial charge in [0.25, 0.3) is 0 Å². The van der Waals surface area contributed by atoms with Crippen molar-refractivity contribution < 1.29 is 23.0 Å². The molecule has 0 amide bonds. The van der Waals surface area contributed by atoms with Gasteiger partial charge in [-0.05, 0) is 44.0 Å². The maximum absolute atomic E-state index is 12.5. The Morgan fingerprint density at radius 2 is 2.10 bits per heavy atom. The fraction of sp³-hybridized carbons (Fsp3) is 0.600. The summed E-state index contributed by atoms with van der Waals surface area (Å²) >= 11 is 0. The van der Waals surface area contributed by atoms with Crippen molar-refractivity contribution in [2.75, 3.05) is 26.2 Å². The maximum Gasteiger partial charge on any atom is 0.416 e. The Hall–Kier alpha value is -1.27. The molecule has 0 aliphatic carbocycles. The van der Waals surface area contributed by atoms with Gasteiger partial charge in [-0.1, -0.05) is 6.07 Å². The van der Waals surface area contributed by atoms with Gasteiger partial charge in [0.15, 0.2) is 0 Å². The summed E-state index contributed by atoms with van der Waals surface area (Å²) in [5.41, 5.74) is -0.689. The van der Waals surface area contributed by atoms with Gasteiger partial charge in [0.05, 0.1) is 18.3 Å². The number of aliphatic hydroxyl groups is 1. The van der Waals surface area contributed by atoms with E-state index in [0.29, 0.717) is 13.2 Å². The quantitative estimate of drug-likeness (QED) is 0.820. The summed E-state index contributed by atoms with van der Waals surface area (Å²) in [6.07, 6.45) is -2.04. The van der Waals surface area contributed by atoms with Crippen LogP contribution in [0.5, 0.6) is 5.75 Å². The number of alkyl halides is 3. The van der Waals surface area contributed by atoms with Crippen molar-refractivity contribution >= 4 is 0 Å². The molecule has 0 unspecified atom stereocenters. The minimum atomic E-state index is -4.34. The number of aliphatic hydroxyl groups excluding tert-OH is 1. The zero-order valence-electron chi connectivity index (χ0n) is 11.8. The Bertz CT molecular complexity index is 451. The molecule has 1 saturated heterocycles. The highest BCUT2D eigenvalue weighted by Gasteiger charge is 2.30. The number of benzene rings is 1. The molecule has 0 bridgehead atoms. The van der Waals surface area contributed by atoms with Crippen LogP contribution in [0, 0.1) is 0 Å². The summed E-state index contributed by atoms with van der Waals surface area (Å²) < 4.78 is 43.0. The van der Waals surface area contributed by atoms with Gasteiger partial charge in [0.2, 0.25) is 0 Å². The van der Waals surface area contributed by atoms with Gasteiger partial charge >= 0.3 is 6.18 Å². The van der Waals surface area contributed by atoms with E-state index in [4.69, 9.17) is 4.74 Å². The Labute approximate surface area is 122 Å². The van der Waals surface area contributed by atoms with Crippen LogP contribution < -0.4 is 4.74 Å². The summed E-state index contributed by atoms with van der Waals surface area (Å²) in [5, 5.41) is 9.38. The average Bonchev–Trinajstić information content (AvgIpc) is 2.83. The van der Waals surface area contributed by atoms with E-state index in [0.717, 1.165) is 44.5 Å². The lowest BCUT2D eigenvalue weighted by molar-refractivity contribution is -0.137. The molecule has 6 heteroatoms. The van der Waals surface area contributed by atoms with Crippen LogP contribution in [0.25, 0.3) is 0 Å². The third-order valence-electron chi connectivity index (χ3n) is 3.55. The van der Waals surface area contributed by atoms with Crippen molar-refractivity contribution in [3.63, 3.8) is 0 Å². The molecule has 21 heavy (non-hydrogen) atoms. The predicted octanol–water partition coefficient (Wildman–Crippen LogP) is 2.93. The van der Waals surface area contributed by atoms with E-state index < -0.39 is 11.7 Å². The van der Waals surface area contributed by atoms with Crippen LogP contribution in [0.15, 0.2) is 24.3 Å². The second-order valence-electron chi connectivity index (χ2n) is 5.32. The van der Waals surface area contributed by atoms with Crippen LogP contribution in [0.3, 0.4) is 0 Å². The normalized spacial score (nSPS) is 19.9. The van der Waals surface area contributed by atoms with E-state index in [1.807, 2.05) is 0 Å². The molecule has 1 heterocycles. The Balaban J connectivity index is 1.67. The second kappa shape index (κ2) is 7.13. The van der Waals surface area contributed by atoms with Gasteiger partial charge in [-0.15, -0.1) is 0 Å². The molecule has 1 atom stereocenters. The maximum atomic E-state index is 12.5. The standard InChI is InChI=1S/C15H20F3NO2/c16-15(17,18)12-4-3-5-14(10-12)21-9-2-1-7-19-8-6-13(20)11-19/h3-5,10,13,20H,1-2,6-9,11H2/t13-/m0/s1. The highest BCUT2D eigenvalue weighted by atomic mass is 19.4. The monoisotopic (exact) mass is 303 g/mol. The van der Waals surface area contributed by atoms with E-state index in [1.54, 1.807) is 0 Å². The number of hydrogen-bond donors (Lipinski definition) is 1. The largest absolute Gasteiger partial charge is 0.494 e. The van der Waals surface area contributed by atoms with Gasteiger partial charge in [-0.2, -0.15) is 13.2 Å². The molecule has 0 aromatic heterocycles. The molecule has 3 nitrogen and oxygen atoms in total. The van der Waals surface area contributed by atoms with Crippen molar-refractivity contribution in [3.05, 3.63) is 29.8 Å². The minimum Gasteiger partial charge on any atom is -0.494 e. The number of β-amino-alcohol motifs (C(OH)–C–C–N with tert-alkyl or cyclic N) is 1. The molecular weight excluding hydrogens is 283 g/mol. The fourth-order valence-corrected chi connectivity index (χ4v) is 2.41. The number of rotatable bonds is 6. The summed E-state index contributed by atoms with van der Waals surface area (Å²) in [6, 6.07) is 4.94. The molecule has 0 spiro atoms. The van der Waals surface area contributed by atoms with Crippen LogP contribution in [-0.4, -0.2) is 42.4 Å². The number of ether oxygens (including phenoxy) is 1. The van der Waals surface area contributed by atoms with Crippen molar-refractivity contribution in [3.8, 4) is 5.75 Å². The predicted molar refractivity (Wildman–Crippen MR) is 73.2 cm³/mol. The third-order valence-corrected chi connectivity index (χ3v) is 3.55. The molecule has 0 saturated carbocycles. The van der Waals surface area contributed by atoms with Crippen LogP contribution in [0.2, 0.25) is 0 Å². The molecule has 118 valence electrons. The van der Waals surface area contributed by atoms with Crippen molar-refractivity contribution in [1.29, 1.82) is 0 Å². The summed E-state index contributed by atoms with van der Waals surface area (Å²) in [5.74, 6) is 0.251. The molecule has 2 rings (SSSR count). The first-order valence-corrected chi connectivity index (χ1v) is 7.15. The Morgan fingerprint density at radius 1 is 1.29 bits per heavy atom. The van der Waals surface area contributed by atoms with Crippen molar-refractivity contribution in [2.24, 2.45) is 0 Å². The zero-order chi connectivity index (χ0) is 15.3. The van der Waals surface area contributed by atoms with Gasteiger partial charge < -0.3 is 14.7 Å². The molecular formula is C15H20F3NO2. The van der Waals surface area contributed by atoms with Crippen LogP contribution in [0.1, 0.15) is 24.8 Å². The molecule has 1 aromatic rings. The van der Waals surface area contributed by atoms with Gasteiger partial charge in [0.1, 0.15) is 5.75 Å². The highest BCUT2D eigenvalue weighted by Crippen LogP contribution is 2.31. The average molecular weight is 303 g/mol. The zero-order valence-corrected chi connectivity index (χ0v) is 11.8. The summed E-state index contributed by atoms with van der Waals surface area (Å²) in [7, 11) is 0. The van der Waals surface area contributed by atoms with E-state index in [-0.39, 0.29) is 11.9 Å². The molecule has 1 aromatic carbocycles. The van der Waals surface area contributed by atoms with Crippen molar-refractivity contribution in [1.82, 2.24) is 4.90 Å². The first-order valence-electron chi connectivity index (χ1n) is 7.15. The van der Waals surface area contributed by atoms with Gasteiger partial charge in [-0.3, -0.25) is 0 Å². The lowest BCUT2D eigenvalue weighted by Gasteiger charge is -2.14. The first-order chi connectivity index (χ1) is 9.95. The van der Waals surface area contributed by atoms with Gasteiger partial charge in [0, 0.05) is 13.1 Å². The first kappa shape index (κ1) is 16.1. The van der Waals surface area contributed by atoms with E-state index in [9.17, 15) is 18.3 Å². The number of unbranched alkanes of at least 4 members (excludes halogenated alkanes) is 1. The topological polar surface area (TPSA) is 32.7 Å². The van der Waals surface area contributed by atoms with Crippen LogP contribution in [0.4, 0.5) is 13.2 Å². The van der Waals surface area contributed by atoms with E-state index >= 15 is 0 Å². The van der Waals surface area contributed by atoms with Crippen LogP contribution >= 0.6 is 0 Å². The van der Waals surface area contributed by atoms with Crippen molar-refractivity contribution in [2.45, 2.75) is 31.5 Å². The molecule has 0 radical (unpaired) electrons. The van der Waals surface area contributed by atoms with Gasteiger partial charge in [-0.25, -0.2) is 0 Å². The lowest BCUT2D eigenvalue weighted by atomic mass is 10.2. The van der Waals surface area contributed by atoms with Crippen LogP contribution in [-0.2, 0) is 6.18 Å². The smallest absolute Gasteiger partial charge is 0.416 e. The summed E-state index contributed by atoms with van der Waals surface area (Å²) in [4.78, 5) is 2.19. The number of hydrogen-bond acceptors (Lipinski definition) is 3. The summed E-state index contributed by atoms with van der Waals surface area (Å²) in [6.45, 7) is 2.92. The molecule has 1 aliphatic heterocycles. The Morgan fingerprint density at radius 3 is 2.76 bits per heavy atom. The minimum absolute atomic E-state index is 0.216. The molecule has 1 fully saturated rings. The van der Waals surface area contributed by atoms with E-state index in [1.165, 1.54) is 12.1 Å². The second-order valence-corrected chi connectivity index (χ2v) is 5.32. The fourth-order valence-electron chi connectivity index (χ4n) is 2.41. The molecule has 1 N–H and O–H groups in total. The molecule has 1 aliphatic rings. The number of likely N-dealkylation sites (tertiary alicyclic amines) is 1. The highest BCUT2D eigenvalue weighted by molar-refractivity contribution is 5.30. The Kier molecular flexibility index (Phi) is 5.47. The van der Waals surface area contributed by atoms with E-state index in [2.05, 4.69) is 4.90 Å². The number of nitrogens with zero attached hydrogens (tertiary/aromatic N) is 1.